The van der Waals surface area contributed by atoms with E-state index in [1.165, 1.54) is 12.1 Å². The zero-order chi connectivity index (χ0) is 26.5. The number of methoxy groups -OCH3 is 2. The van der Waals surface area contributed by atoms with Gasteiger partial charge in [0, 0.05) is 38.3 Å². The second kappa shape index (κ2) is 11.5. The highest BCUT2D eigenvalue weighted by molar-refractivity contribution is 5.85. The Bertz CT molecular complexity index is 1390. The summed E-state index contributed by atoms with van der Waals surface area (Å²) in [5.74, 6) is 2.51. The lowest BCUT2D eigenvalue weighted by molar-refractivity contribution is 0.258. The lowest BCUT2D eigenvalue weighted by atomic mass is 10.2. The van der Waals surface area contributed by atoms with E-state index in [4.69, 9.17) is 19.4 Å². The molecule has 0 amide bonds. The summed E-state index contributed by atoms with van der Waals surface area (Å²) < 4.78 is 24.1. The minimum atomic E-state index is -0.271. The van der Waals surface area contributed by atoms with E-state index >= 15 is 0 Å². The van der Waals surface area contributed by atoms with E-state index in [2.05, 4.69) is 37.2 Å². The van der Waals surface area contributed by atoms with Crippen LogP contribution in [0.3, 0.4) is 0 Å². The lowest BCUT2D eigenvalue weighted by Crippen LogP contribution is -2.47. The number of hydrogen-bond donors (Lipinski definition) is 1. The van der Waals surface area contributed by atoms with Gasteiger partial charge in [0.05, 0.1) is 14.2 Å². The topological polar surface area (TPSA) is 101 Å². The Morgan fingerprint density at radius 2 is 1.66 bits per heavy atom. The molecule has 2 aromatic heterocycles. The van der Waals surface area contributed by atoms with E-state index in [0.29, 0.717) is 46.8 Å². The molecule has 4 aromatic rings. The zero-order valence-corrected chi connectivity index (χ0v) is 21.8. The van der Waals surface area contributed by atoms with Gasteiger partial charge in [-0.05, 0) is 48.9 Å². The molecule has 2 aromatic carbocycles. The molecule has 0 aliphatic carbocycles. The first-order valence-corrected chi connectivity index (χ1v) is 12.7. The molecule has 0 atom stereocenters. The number of halogens is 1. The van der Waals surface area contributed by atoms with Gasteiger partial charge in [0.15, 0.2) is 28.7 Å². The van der Waals surface area contributed by atoms with Crippen molar-refractivity contribution < 1.29 is 13.9 Å². The van der Waals surface area contributed by atoms with E-state index in [0.717, 1.165) is 50.3 Å². The van der Waals surface area contributed by atoms with Gasteiger partial charge < -0.3 is 19.7 Å². The first-order valence-electron chi connectivity index (χ1n) is 12.7. The van der Waals surface area contributed by atoms with Crippen LogP contribution in [-0.4, -0.2) is 77.0 Å². The van der Waals surface area contributed by atoms with Gasteiger partial charge in [-0.2, -0.15) is 9.97 Å². The van der Waals surface area contributed by atoms with Gasteiger partial charge in [0.25, 0.3) is 0 Å². The Morgan fingerprint density at radius 3 is 2.37 bits per heavy atom. The van der Waals surface area contributed by atoms with Crippen LogP contribution in [0.4, 0.5) is 16.2 Å². The molecule has 0 radical (unpaired) electrons. The molecule has 198 valence electrons. The predicted molar refractivity (Wildman–Crippen MR) is 144 cm³/mol. The van der Waals surface area contributed by atoms with Crippen LogP contribution >= 0.6 is 0 Å². The van der Waals surface area contributed by atoms with Crippen molar-refractivity contribution in [2.24, 2.45) is 0 Å². The van der Waals surface area contributed by atoms with Crippen molar-refractivity contribution in [3.63, 3.8) is 0 Å². The van der Waals surface area contributed by atoms with Gasteiger partial charge in [0.1, 0.15) is 5.82 Å². The highest BCUT2D eigenvalue weighted by atomic mass is 19.1. The number of nitrogens with zero attached hydrogens (tertiary/aromatic N) is 7. The maximum atomic E-state index is 13.3. The molecule has 0 bridgehead atoms. The first kappa shape index (κ1) is 25.5. The number of benzene rings is 2. The fraction of sp³-hybridized carbons (Fsp3) is 0.370. The van der Waals surface area contributed by atoms with Gasteiger partial charge in [-0.1, -0.05) is 19.1 Å². The van der Waals surface area contributed by atoms with E-state index in [-0.39, 0.29) is 5.82 Å². The quantitative estimate of drug-likeness (QED) is 0.352. The molecule has 1 N–H and O–H groups in total. The molecule has 11 heteroatoms. The molecule has 3 heterocycles. The van der Waals surface area contributed by atoms with Crippen molar-refractivity contribution >= 4 is 22.9 Å². The van der Waals surface area contributed by atoms with Crippen LogP contribution in [-0.2, 0) is 6.54 Å². The molecule has 0 saturated carbocycles. The Hall–Kier alpha value is -4.12. The van der Waals surface area contributed by atoms with Crippen LogP contribution in [0.15, 0.2) is 42.5 Å². The monoisotopic (exact) mass is 518 g/mol. The summed E-state index contributed by atoms with van der Waals surface area (Å²) in [6, 6.07) is 11.8. The number of nitrogens with one attached hydrogen (secondary N) is 1. The summed E-state index contributed by atoms with van der Waals surface area (Å²) in [5, 5.41) is 12.0. The first-order chi connectivity index (χ1) is 18.6. The van der Waals surface area contributed by atoms with Gasteiger partial charge in [-0.15, -0.1) is 10.2 Å². The number of fused-ring (bicyclic) bond motifs is 1. The second-order valence-electron chi connectivity index (χ2n) is 9.06. The number of piperazine rings is 1. The van der Waals surface area contributed by atoms with Crippen LogP contribution in [0.1, 0.15) is 18.9 Å². The Labute approximate surface area is 220 Å². The maximum absolute atomic E-state index is 13.3. The number of aromatic nitrogens is 5. The summed E-state index contributed by atoms with van der Waals surface area (Å²) in [4.78, 5) is 19.0. The fourth-order valence-electron chi connectivity index (χ4n) is 4.50. The number of ether oxygens (including phenoxy) is 2. The SMILES string of the molecule is CCCN1CCN(c2nc(NCc3ccc(F)cc3)nc3nnc(-c4ccc(OC)c(OC)c4)nc23)CC1. The second-order valence-corrected chi connectivity index (χ2v) is 9.06. The smallest absolute Gasteiger partial charge is 0.227 e. The third kappa shape index (κ3) is 5.57. The molecule has 0 unspecified atom stereocenters. The molecule has 1 aliphatic rings. The van der Waals surface area contributed by atoms with E-state index in [1.807, 2.05) is 18.2 Å². The van der Waals surface area contributed by atoms with Gasteiger partial charge in [-0.25, -0.2) is 9.37 Å². The molecule has 1 fully saturated rings. The van der Waals surface area contributed by atoms with Crippen LogP contribution in [0.5, 0.6) is 11.5 Å². The Kier molecular flexibility index (Phi) is 7.73. The molecule has 10 nitrogen and oxygen atoms in total. The van der Waals surface area contributed by atoms with E-state index in [1.54, 1.807) is 26.4 Å². The van der Waals surface area contributed by atoms with Crippen LogP contribution in [0.2, 0.25) is 0 Å². The molecule has 38 heavy (non-hydrogen) atoms. The van der Waals surface area contributed by atoms with Gasteiger partial charge in [-0.3, -0.25) is 4.90 Å². The van der Waals surface area contributed by atoms with Crippen molar-refractivity contribution in [1.29, 1.82) is 0 Å². The van der Waals surface area contributed by atoms with Crippen molar-refractivity contribution in [3.8, 4) is 22.9 Å². The highest BCUT2D eigenvalue weighted by Gasteiger charge is 2.23. The third-order valence-corrected chi connectivity index (χ3v) is 6.52. The van der Waals surface area contributed by atoms with Crippen LogP contribution in [0, 0.1) is 5.82 Å². The fourth-order valence-corrected chi connectivity index (χ4v) is 4.50. The average molecular weight is 519 g/mol. The number of rotatable bonds is 9. The third-order valence-electron chi connectivity index (χ3n) is 6.52. The average Bonchev–Trinajstić information content (AvgIpc) is 2.96. The van der Waals surface area contributed by atoms with Gasteiger partial charge >= 0.3 is 0 Å². The summed E-state index contributed by atoms with van der Waals surface area (Å²) in [6.07, 6.45) is 1.12. The molecular formula is C27H31FN8O2. The standard InChI is InChI=1S/C27H31FN8O2/c1-4-11-35-12-14-36(15-13-35)26-23-25(31-27(32-26)29-17-18-5-8-20(28)9-6-18)34-33-24(30-23)19-7-10-21(37-2)22(16-19)38-3/h5-10,16H,4,11-15,17H2,1-3H3,(H,29,31,32,34). The normalized spacial score (nSPS) is 14.1. The summed E-state index contributed by atoms with van der Waals surface area (Å²) in [6.45, 7) is 7.24. The molecule has 0 spiro atoms. The molecule has 5 rings (SSSR count). The van der Waals surface area contributed by atoms with Crippen molar-refractivity contribution in [2.75, 3.05) is 57.2 Å². The molecule has 1 aliphatic heterocycles. The summed E-state index contributed by atoms with van der Waals surface area (Å²) >= 11 is 0. The van der Waals surface area contributed by atoms with E-state index < -0.39 is 0 Å². The maximum Gasteiger partial charge on any atom is 0.227 e. The van der Waals surface area contributed by atoms with Crippen molar-refractivity contribution in [3.05, 3.63) is 53.8 Å². The number of anilines is 2. The summed E-state index contributed by atoms with van der Waals surface area (Å²) in [5.41, 5.74) is 2.64. The van der Waals surface area contributed by atoms with Crippen molar-refractivity contribution in [2.45, 2.75) is 19.9 Å². The lowest BCUT2D eigenvalue weighted by Gasteiger charge is -2.35. The highest BCUT2D eigenvalue weighted by Crippen LogP contribution is 2.32. The predicted octanol–water partition coefficient (Wildman–Crippen LogP) is 3.78. The van der Waals surface area contributed by atoms with Crippen LogP contribution < -0.4 is 19.7 Å². The number of hydrogen-bond acceptors (Lipinski definition) is 10. The van der Waals surface area contributed by atoms with E-state index in [9.17, 15) is 4.39 Å². The Balaban J connectivity index is 1.50. The zero-order valence-electron chi connectivity index (χ0n) is 21.8. The minimum Gasteiger partial charge on any atom is -0.493 e. The Morgan fingerprint density at radius 1 is 0.895 bits per heavy atom. The minimum absolute atomic E-state index is 0.271. The molecular weight excluding hydrogens is 487 g/mol. The van der Waals surface area contributed by atoms with Gasteiger partial charge in [0.2, 0.25) is 11.6 Å². The largest absolute Gasteiger partial charge is 0.493 e. The van der Waals surface area contributed by atoms with Crippen molar-refractivity contribution in [1.82, 2.24) is 30.0 Å². The molecule has 1 saturated heterocycles. The summed E-state index contributed by atoms with van der Waals surface area (Å²) in [7, 11) is 3.18. The van der Waals surface area contributed by atoms with Crippen LogP contribution in [0.25, 0.3) is 22.6 Å².